The molecule has 0 spiro atoms. The second kappa shape index (κ2) is 26.5. The number of nitrogens with two attached hydrogens (primary N) is 3. The lowest BCUT2D eigenvalue weighted by Gasteiger charge is -2.15. The third-order valence-corrected chi connectivity index (χ3v) is 7.74. The number of fused-ring (bicyclic) bond motifs is 1. The van der Waals surface area contributed by atoms with Crippen LogP contribution in [-0.2, 0) is 33.6 Å². The maximum atomic E-state index is 12.4. The summed E-state index contributed by atoms with van der Waals surface area (Å²) in [6, 6.07) is 14.6. The second-order valence-corrected chi connectivity index (χ2v) is 13.9. The number of carbonyl (C=O) groups excluding carboxylic acids is 8. The van der Waals surface area contributed by atoms with Crippen LogP contribution in [0.2, 0.25) is 0 Å². The first kappa shape index (κ1) is 48.7. The van der Waals surface area contributed by atoms with Crippen molar-refractivity contribution in [2.45, 2.75) is 79.2 Å². The van der Waals surface area contributed by atoms with Crippen LogP contribution in [0.25, 0.3) is 22.2 Å². The molecule has 0 saturated carbocycles. The Hall–Kier alpha value is -6.33. The fourth-order valence-corrected chi connectivity index (χ4v) is 4.78. The number of amides is 8. The summed E-state index contributed by atoms with van der Waals surface area (Å²) in [7, 11) is 0. The first-order valence-corrected chi connectivity index (χ1v) is 18.6. The predicted molar refractivity (Wildman–Crippen MR) is 215 cm³/mol. The van der Waals surface area contributed by atoms with E-state index < -0.39 is 29.7 Å². The smallest absolute Gasteiger partial charge is 0.251 e. The Kier molecular flexibility index (Phi) is 22.6. The van der Waals surface area contributed by atoms with E-state index in [0.717, 1.165) is 28.6 Å². The molecule has 312 valence electrons. The molecule has 1 aromatic heterocycles. The quantitative estimate of drug-likeness (QED) is 0.0733. The predicted octanol–water partition coefficient (Wildman–Crippen LogP) is 0.894. The molecule has 0 saturated heterocycles. The first-order valence-electron chi connectivity index (χ1n) is 18.6. The molecule has 0 bridgehead atoms. The Bertz CT molecular complexity index is 1780. The molecule has 0 radical (unpaired) electrons. The Labute approximate surface area is 332 Å². The van der Waals surface area contributed by atoms with Gasteiger partial charge in [-0.05, 0) is 49.3 Å². The van der Waals surface area contributed by atoms with Crippen LogP contribution in [0.4, 0.5) is 0 Å². The molecule has 3 aromatic rings. The van der Waals surface area contributed by atoms with Crippen molar-refractivity contribution in [3.05, 3.63) is 54.1 Å². The summed E-state index contributed by atoms with van der Waals surface area (Å²) < 4.78 is 0. The Morgan fingerprint density at radius 3 is 1.79 bits per heavy atom. The highest BCUT2D eigenvalue weighted by Gasteiger charge is 2.17. The van der Waals surface area contributed by atoms with E-state index in [1.807, 2.05) is 64.1 Å². The van der Waals surface area contributed by atoms with Crippen molar-refractivity contribution in [1.82, 2.24) is 36.8 Å². The van der Waals surface area contributed by atoms with Gasteiger partial charge >= 0.3 is 0 Å². The lowest BCUT2D eigenvalue weighted by atomic mass is 10.0. The normalized spacial score (nSPS) is 10.9. The van der Waals surface area contributed by atoms with Gasteiger partial charge in [0.25, 0.3) is 5.91 Å². The zero-order valence-electron chi connectivity index (χ0n) is 33.4. The van der Waals surface area contributed by atoms with Crippen LogP contribution in [0.5, 0.6) is 0 Å². The van der Waals surface area contributed by atoms with Gasteiger partial charge in [0.2, 0.25) is 41.4 Å². The van der Waals surface area contributed by atoms with E-state index in [2.05, 4.69) is 36.8 Å². The summed E-state index contributed by atoms with van der Waals surface area (Å²) >= 11 is 0. The number of benzene rings is 2. The number of hydrogen-bond donors (Lipinski definition) is 9. The third kappa shape index (κ3) is 22.0. The number of nitrogens with zero attached hydrogens (tertiary/aromatic N) is 1. The fourth-order valence-electron chi connectivity index (χ4n) is 4.78. The summed E-state index contributed by atoms with van der Waals surface area (Å²) in [6.07, 6.45) is 2.36. The Balaban J connectivity index is 0.000000666. The van der Waals surface area contributed by atoms with Crippen molar-refractivity contribution in [2.24, 2.45) is 29.0 Å². The van der Waals surface area contributed by atoms with E-state index >= 15 is 0 Å². The maximum Gasteiger partial charge on any atom is 0.251 e. The van der Waals surface area contributed by atoms with Gasteiger partial charge in [-0.2, -0.15) is 5.10 Å². The van der Waals surface area contributed by atoms with E-state index in [1.165, 1.54) is 6.92 Å². The molecule has 1 atom stereocenters. The van der Waals surface area contributed by atoms with Gasteiger partial charge in [-0.15, -0.1) is 0 Å². The third-order valence-electron chi connectivity index (χ3n) is 7.74. The topological polar surface area (TPSA) is 303 Å². The molecule has 18 nitrogen and oxygen atoms in total. The van der Waals surface area contributed by atoms with E-state index in [0.29, 0.717) is 49.8 Å². The van der Waals surface area contributed by atoms with E-state index in [-0.39, 0.29) is 49.6 Å². The fraction of sp³-hybridized carbons (Fsp3) is 0.462. The van der Waals surface area contributed by atoms with Crippen LogP contribution >= 0.6 is 0 Å². The molecule has 0 aliphatic rings. The highest BCUT2D eigenvalue weighted by atomic mass is 16.2. The molecule has 2 aromatic carbocycles. The number of aromatic nitrogens is 2. The van der Waals surface area contributed by atoms with E-state index in [9.17, 15) is 38.4 Å². The molecule has 0 aliphatic heterocycles. The molecule has 57 heavy (non-hydrogen) atoms. The highest BCUT2D eigenvalue weighted by molar-refractivity contribution is 5.96. The number of hydrogen-bond acceptors (Lipinski definition) is 9. The molecule has 1 heterocycles. The zero-order valence-corrected chi connectivity index (χ0v) is 33.4. The zero-order chi connectivity index (χ0) is 42.9. The molecule has 12 N–H and O–H groups in total. The van der Waals surface area contributed by atoms with Crippen LogP contribution < -0.4 is 43.8 Å². The second-order valence-electron chi connectivity index (χ2n) is 13.9. The minimum absolute atomic E-state index is 0.0509. The minimum Gasteiger partial charge on any atom is -0.370 e. The largest absolute Gasteiger partial charge is 0.370 e. The maximum absolute atomic E-state index is 12.4. The monoisotopic (exact) mass is 794 g/mol. The molecule has 0 fully saturated rings. The van der Waals surface area contributed by atoms with Gasteiger partial charge in [-0.3, -0.25) is 43.5 Å². The first-order chi connectivity index (χ1) is 26.9. The average molecular weight is 795 g/mol. The molecular formula is C39H58N10O8. The van der Waals surface area contributed by atoms with Gasteiger partial charge in [0.1, 0.15) is 6.04 Å². The summed E-state index contributed by atoms with van der Waals surface area (Å²) in [6.45, 7) is 9.77. The number of H-pyrrole nitrogens is 1. The van der Waals surface area contributed by atoms with Crippen LogP contribution in [0.15, 0.2) is 48.5 Å². The number of primary amides is 3. The molecular weight excluding hydrogens is 736 g/mol. The summed E-state index contributed by atoms with van der Waals surface area (Å²) in [5, 5.41) is 21.4. The van der Waals surface area contributed by atoms with Crippen molar-refractivity contribution >= 4 is 58.2 Å². The molecule has 18 heteroatoms. The SMILES string of the molecule is CC(=O)N[C@@H](CC(C)C)C(N)=O.CC(C)CCC(=O)NCC(=O)NCC(=O)NCCCNC(=O)c1ccc(-c2n[nH]c3ccccc23)cc1.NC(=O)CCC(N)=O. The van der Waals surface area contributed by atoms with Gasteiger partial charge in [-0.25, -0.2) is 0 Å². The van der Waals surface area contributed by atoms with E-state index in [1.54, 1.807) is 12.1 Å². The van der Waals surface area contributed by atoms with Crippen molar-refractivity contribution < 1.29 is 38.4 Å². The minimum atomic E-state index is -0.525. The van der Waals surface area contributed by atoms with E-state index in [4.69, 9.17) is 17.2 Å². The van der Waals surface area contributed by atoms with Crippen molar-refractivity contribution in [2.75, 3.05) is 26.2 Å². The summed E-state index contributed by atoms with van der Waals surface area (Å²) in [5.41, 5.74) is 17.7. The standard InChI is InChI=1S/C27H34N6O4.C8H16N2O2.C4H8N2O2/c1-18(2)8-13-23(34)30-17-25(36)31-16-24(35)28-14-5-15-29-27(37)20-11-9-19(10-12-20)26-21-6-3-4-7-22(21)32-33-26;1-5(2)4-7(8(9)12)10-6(3)11;5-3(7)1-2-4(6)8/h3-4,6-7,9-12,18H,5,8,13-17H2,1-2H3,(H,28,35)(H,29,37)(H,30,34)(H,31,36)(H,32,33);5,7H,4H2,1-3H3,(H2,9,12)(H,10,11);1-2H2,(H2,5,7)(H2,6,8)/t;7-;/m.0./s1. The molecule has 0 aliphatic carbocycles. The summed E-state index contributed by atoms with van der Waals surface area (Å²) in [4.78, 5) is 88.9. The number of rotatable bonds is 20. The van der Waals surface area contributed by atoms with Gasteiger partial charge in [0.15, 0.2) is 0 Å². The lowest BCUT2D eigenvalue weighted by Crippen LogP contribution is -2.44. The van der Waals surface area contributed by atoms with Crippen LogP contribution in [0.1, 0.15) is 83.5 Å². The number of nitrogens with one attached hydrogen (secondary N) is 6. The Morgan fingerprint density at radius 1 is 0.684 bits per heavy atom. The van der Waals surface area contributed by atoms with Crippen molar-refractivity contribution in [3.63, 3.8) is 0 Å². The number of carbonyl (C=O) groups is 8. The van der Waals surface area contributed by atoms with Crippen LogP contribution in [0, 0.1) is 11.8 Å². The molecule has 8 amide bonds. The average Bonchev–Trinajstić information content (AvgIpc) is 3.58. The van der Waals surface area contributed by atoms with Crippen LogP contribution in [-0.4, -0.2) is 89.7 Å². The van der Waals surface area contributed by atoms with Gasteiger partial charge in [0, 0.05) is 55.8 Å². The Morgan fingerprint density at radius 2 is 1.25 bits per heavy atom. The highest BCUT2D eigenvalue weighted by Crippen LogP contribution is 2.26. The number of para-hydroxylation sites is 1. The van der Waals surface area contributed by atoms with Crippen molar-refractivity contribution in [1.29, 1.82) is 0 Å². The van der Waals surface area contributed by atoms with Gasteiger partial charge in [-0.1, -0.05) is 58.0 Å². The summed E-state index contributed by atoms with van der Waals surface area (Å²) in [5.74, 6) is -2.08. The van der Waals surface area contributed by atoms with Crippen LogP contribution in [0.3, 0.4) is 0 Å². The van der Waals surface area contributed by atoms with Crippen molar-refractivity contribution in [3.8, 4) is 11.3 Å². The van der Waals surface area contributed by atoms with Gasteiger partial charge < -0.3 is 43.8 Å². The number of aromatic amines is 1. The lowest BCUT2D eigenvalue weighted by molar-refractivity contribution is -0.127. The molecule has 0 unspecified atom stereocenters. The van der Waals surface area contributed by atoms with Gasteiger partial charge in [0.05, 0.1) is 24.3 Å². The molecule has 3 rings (SSSR count).